The Hall–Kier alpha value is -3.52. The van der Waals surface area contributed by atoms with Crippen LogP contribution in [0.4, 0.5) is 5.69 Å². The Morgan fingerprint density at radius 3 is 2.09 bits per heavy atom. The van der Waals surface area contributed by atoms with Gasteiger partial charge in [0.1, 0.15) is 16.4 Å². The number of ether oxygens (including phenoxy) is 2. The number of hydrogen-bond acceptors (Lipinski definition) is 5. The topological polar surface area (TPSA) is 93.7 Å². The molecule has 174 valence electrons. The second-order valence-corrected chi connectivity index (χ2v) is 9.43. The van der Waals surface area contributed by atoms with Crippen molar-refractivity contribution in [1.29, 1.82) is 0 Å². The van der Waals surface area contributed by atoms with Crippen molar-refractivity contribution in [2.24, 2.45) is 0 Å². The number of rotatable bonds is 8. The highest BCUT2D eigenvalue weighted by Gasteiger charge is 2.23. The van der Waals surface area contributed by atoms with Crippen LogP contribution in [0.1, 0.15) is 40.0 Å². The van der Waals surface area contributed by atoms with E-state index >= 15 is 0 Å². The molecule has 0 saturated carbocycles. The quantitative estimate of drug-likeness (QED) is 0.503. The van der Waals surface area contributed by atoms with Gasteiger partial charge in [-0.3, -0.25) is 9.52 Å². The van der Waals surface area contributed by atoms with Crippen molar-refractivity contribution >= 4 is 21.6 Å². The molecule has 1 atom stereocenters. The molecule has 2 N–H and O–H groups in total. The van der Waals surface area contributed by atoms with Gasteiger partial charge in [0.25, 0.3) is 15.9 Å². The standard InChI is InChI=1S/C25H28N2O5S/c1-16-6-10-20(11-7-16)27-33(29,30)24-15-19(9-13-23(24)32-5)25(28)26-18(3)21-14-17(2)8-12-22(21)31-4/h6-15,18,27H,1-5H3,(H,26,28). The Balaban J connectivity index is 1.89. The van der Waals surface area contributed by atoms with Gasteiger partial charge < -0.3 is 14.8 Å². The third kappa shape index (κ3) is 5.64. The maximum Gasteiger partial charge on any atom is 0.265 e. The van der Waals surface area contributed by atoms with E-state index in [0.29, 0.717) is 11.4 Å². The van der Waals surface area contributed by atoms with E-state index in [-0.39, 0.29) is 22.3 Å². The lowest BCUT2D eigenvalue weighted by Gasteiger charge is -2.19. The number of nitrogens with one attached hydrogen (secondary N) is 2. The SMILES string of the molecule is COc1ccc(C)cc1C(C)NC(=O)c1ccc(OC)c(S(=O)(=O)Nc2ccc(C)cc2)c1. The number of carbonyl (C=O) groups excluding carboxylic acids is 1. The molecule has 0 aliphatic rings. The van der Waals surface area contributed by atoms with Crippen LogP contribution in [0.3, 0.4) is 0 Å². The lowest BCUT2D eigenvalue weighted by atomic mass is 10.0. The van der Waals surface area contributed by atoms with Crippen molar-refractivity contribution < 1.29 is 22.7 Å². The van der Waals surface area contributed by atoms with Gasteiger partial charge in [-0.05, 0) is 57.2 Å². The fourth-order valence-electron chi connectivity index (χ4n) is 3.41. The van der Waals surface area contributed by atoms with Crippen LogP contribution < -0.4 is 19.5 Å². The second kappa shape index (κ2) is 9.95. The van der Waals surface area contributed by atoms with Crippen molar-refractivity contribution in [1.82, 2.24) is 5.32 Å². The largest absolute Gasteiger partial charge is 0.496 e. The summed E-state index contributed by atoms with van der Waals surface area (Å²) in [5.74, 6) is 0.383. The van der Waals surface area contributed by atoms with E-state index in [1.165, 1.54) is 25.3 Å². The molecule has 3 aromatic carbocycles. The Kier molecular flexibility index (Phi) is 7.28. The van der Waals surface area contributed by atoms with Crippen LogP contribution in [0.15, 0.2) is 65.6 Å². The highest BCUT2D eigenvalue weighted by molar-refractivity contribution is 7.92. The predicted molar refractivity (Wildman–Crippen MR) is 129 cm³/mol. The molecule has 1 unspecified atom stereocenters. The fraction of sp³-hybridized carbons (Fsp3) is 0.240. The van der Waals surface area contributed by atoms with E-state index in [1.54, 1.807) is 31.4 Å². The smallest absolute Gasteiger partial charge is 0.265 e. The van der Waals surface area contributed by atoms with Crippen LogP contribution in [0, 0.1) is 13.8 Å². The molecular weight excluding hydrogens is 440 g/mol. The molecule has 0 bridgehead atoms. The first-order valence-corrected chi connectivity index (χ1v) is 11.9. The Bertz CT molecular complexity index is 1250. The van der Waals surface area contributed by atoms with Gasteiger partial charge in [0, 0.05) is 16.8 Å². The summed E-state index contributed by atoms with van der Waals surface area (Å²) in [4.78, 5) is 12.9. The van der Waals surface area contributed by atoms with Crippen LogP contribution in [-0.2, 0) is 10.0 Å². The molecule has 8 heteroatoms. The summed E-state index contributed by atoms with van der Waals surface area (Å²) in [6, 6.07) is 16.6. The molecule has 0 saturated heterocycles. The average molecular weight is 469 g/mol. The number of anilines is 1. The lowest BCUT2D eigenvalue weighted by Crippen LogP contribution is -2.27. The Morgan fingerprint density at radius 2 is 1.45 bits per heavy atom. The number of aryl methyl sites for hydroxylation is 2. The summed E-state index contributed by atoms with van der Waals surface area (Å²) >= 11 is 0. The number of carbonyl (C=O) groups is 1. The Labute approximate surface area is 194 Å². The van der Waals surface area contributed by atoms with Gasteiger partial charge in [0.2, 0.25) is 0 Å². The van der Waals surface area contributed by atoms with Crippen molar-refractivity contribution in [3.05, 3.63) is 82.9 Å². The van der Waals surface area contributed by atoms with Gasteiger partial charge in [-0.15, -0.1) is 0 Å². The highest BCUT2D eigenvalue weighted by Crippen LogP contribution is 2.29. The summed E-state index contributed by atoms with van der Waals surface area (Å²) < 4.78 is 39.3. The zero-order valence-corrected chi connectivity index (χ0v) is 20.1. The molecule has 0 heterocycles. The summed E-state index contributed by atoms with van der Waals surface area (Å²) in [7, 11) is -1.04. The van der Waals surface area contributed by atoms with E-state index in [1.807, 2.05) is 39.0 Å². The van der Waals surface area contributed by atoms with E-state index in [9.17, 15) is 13.2 Å². The third-order valence-corrected chi connectivity index (χ3v) is 6.62. The molecule has 7 nitrogen and oxygen atoms in total. The first-order valence-electron chi connectivity index (χ1n) is 10.4. The summed E-state index contributed by atoms with van der Waals surface area (Å²) in [5, 5.41) is 2.91. The third-order valence-electron chi connectivity index (χ3n) is 5.22. The molecule has 0 radical (unpaired) electrons. The number of methoxy groups -OCH3 is 2. The molecule has 0 aliphatic heterocycles. The number of sulfonamides is 1. The molecular formula is C25H28N2O5S. The van der Waals surface area contributed by atoms with Gasteiger partial charge in [-0.25, -0.2) is 8.42 Å². The average Bonchev–Trinajstić information content (AvgIpc) is 2.79. The minimum Gasteiger partial charge on any atom is -0.496 e. The second-order valence-electron chi connectivity index (χ2n) is 7.78. The molecule has 0 fully saturated rings. The van der Waals surface area contributed by atoms with E-state index < -0.39 is 15.9 Å². The molecule has 1 amide bonds. The van der Waals surface area contributed by atoms with Crippen LogP contribution in [0.25, 0.3) is 0 Å². The van der Waals surface area contributed by atoms with Crippen LogP contribution in [0.2, 0.25) is 0 Å². The van der Waals surface area contributed by atoms with Crippen LogP contribution in [-0.4, -0.2) is 28.5 Å². The zero-order chi connectivity index (χ0) is 24.2. The first-order chi connectivity index (χ1) is 15.6. The minimum atomic E-state index is -4.00. The number of amides is 1. The fourth-order valence-corrected chi connectivity index (χ4v) is 4.66. The number of hydrogen-bond donors (Lipinski definition) is 2. The van der Waals surface area contributed by atoms with Crippen LogP contribution in [0.5, 0.6) is 11.5 Å². The molecule has 3 rings (SSSR count). The van der Waals surface area contributed by atoms with Crippen molar-refractivity contribution in [2.45, 2.75) is 31.7 Å². The maximum atomic E-state index is 13.1. The van der Waals surface area contributed by atoms with Gasteiger partial charge in [-0.1, -0.05) is 35.4 Å². The maximum absolute atomic E-state index is 13.1. The van der Waals surface area contributed by atoms with Crippen molar-refractivity contribution in [3.8, 4) is 11.5 Å². The highest BCUT2D eigenvalue weighted by atomic mass is 32.2. The lowest BCUT2D eigenvalue weighted by molar-refractivity contribution is 0.0939. The molecule has 0 aliphatic carbocycles. The van der Waals surface area contributed by atoms with Gasteiger partial charge in [0.05, 0.1) is 20.3 Å². The van der Waals surface area contributed by atoms with E-state index in [4.69, 9.17) is 9.47 Å². The molecule has 33 heavy (non-hydrogen) atoms. The van der Waals surface area contributed by atoms with E-state index in [2.05, 4.69) is 10.0 Å². The van der Waals surface area contributed by atoms with Gasteiger partial charge >= 0.3 is 0 Å². The molecule has 3 aromatic rings. The van der Waals surface area contributed by atoms with Crippen molar-refractivity contribution in [2.75, 3.05) is 18.9 Å². The van der Waals surface area contributed by atoms with E-state index in [0.717, 1.165) is 16.7 Å². The number of benzene rings is 3. The normalized spacial score (nSPS) is 12.0. The van der Waals surface area contributed by atoms with Gasteiger partial charge in [0.15, 0.2) is 0 Å². The van der Waals surface area contributed by atoms with Crippen LogP contribution >= 0.6 is 0 Å². The van der Waals surface area contributed by atoms with Gasteiger partial charge in [-0.2, -0.15) is 0 Å². The zero-order valence-electron chi connectivity index (χ0n) is 19.3. The Morgan fingerprint density at radius 1 is 0.848 bits per heavy atom. The minimum absolute atomic E-state index is 0.126. The monoisotopic (exact) mass is 468 g/mol. The first kappa shape index (κ1) is 24.1. The molecule has 0 spiro atoms. The summed E-state index contributed by atoms with van der Waals surface area (Å²) in [6.07, 6.45) is 0. The van der Waals surface area contributed by atoms with Crippen molar-refractivity contribution in [3.63, 3.8) is 0 Å². The summed E-state index contributed by atoms with van der Waals surface area (Å²) in [5.41, 5.74) is 3.48. The summed E-state index contributed by atoms with van der Waals surface area (Å²) in [6.45, 7) is 5.71. The molecule has 0 aromatic heterocycles. The predicted octanol–water partition coefficient (Wildman–Crippen LogP) is 4.61.